The number of nitrogen functional groups attached to an aromatic ring is 1. The fraction of sp³-hybridized carbons (Fsp3) is 0.538. The van der Waals surface area contributed by atoms with Crippen LogP contribution in [-0.2, 0) is 0 Å². The first-order valence-corrected chi connectivity index (χ1v) is 6.19. The van der Waals surface area contributed by atoms with Crippen molar-refractivity contribution in [3.8, 4) is 0 Å². The zero-order chi connectivity index (χ0) is 13.5. The molecule has 0 fully saturated rings. The van der Waals surface area contributed by atoms with E-state index in [2.05, 4.69) is 16.8 Å². The number of nitrogens with two attached hydrogens (primary N) is 1. The van der Waals surface area contributed by atoms with Crippen LogP contribution in [0.3, 0.4) is 0 Å². The summed E-state index contributed by atoms with van der Waals surface area (Å²) in [5, 5.41) is 0. The van der Waals surface area contributed by atoms with E-state index in [0.717, 1.165) is 19.5 Å². The Morgan fingerprint density at radius 1 is 1.33 bits per heavy atom. The van der Waals surface area contributed by atoms with Crippen molar-refractivity contribution in [2.75, 3.05) is 39.5 Å². The molecule has 5 heteroatoms. The Morgan fingerprint density at radius 2 is 2.06 bits per heavy atom. The number of amides is 1. The molecule has 1 heterocycles. The van der Waals surface area contributed by atoms with Gasteiger partial charge < -0.3 is 15.5 Å². The second-order valence-corrected chi connectivity index (χ2v) is 4.56. The Bertz CT molecular complexity index is 392. The predicted molar refractivity (Wildman–Crippen MR) is 73.4 cm³/mol. The minimum absolute atomic E-state index is 0.0152. The van der Waals surface area contributed by atoms with Crippen molar-refractivity contribution < 1.29 is 4.79 Å². The van der Waals surface area contributed by atoms with E-state index >= 15 is 0 Å². The molecule has 1 rings (SSSR count). The third-order valence-electron chi connectivity index (χ3n) is 2.68. The van der Waals surface area contributed by atoms with E-state index in [1.54, 1.807) is 12.3 Å². The topological polar surface area (TPSA) is 62.5 Å². The maximum atomic E-state index is 12.4. The number of carbonyl (C=O) groups is 1. The van der Waals surface area contributed by atoms with E-state index in [9.17, 15) is 4.79 Å². The number of nitrogens with zero attached hydrogens (tertiary/aromatic N) is 3. The summed E-state index contributed by atoms with van der Waals surface area (Å²) in [5.41, 5.74) is 6.77. The van der Waals surface area contributed by atoms with Crippen molar-refractivity contribution in [1.82, 2.24) is 14.8 Å². The molecule has 0 bridgehead atoms. The average molecular weight is 250 g/mol. The fourth-order valence-electron chi connectivity index (χ4n) is 1.68. The summed E-state index contributed by atoms with van der Waals surface area (Å²) in [6, 6.07) is 1.68. The van der Waals surface area contributed by atoms with Gasteiger partial charge in [-0.15, -0.1) is 0 Å². The van der Waals surface area contributed by atoms with Gasteiger partial charge >= 0.3 is 0 Å². The Hall–Kier alpha value is -1.62. The van der Waals surface area contributed by atoms with Gasteiger partial charge in [0.15, 0.2) is 0 Å². The minimum atomic E-state index is -0.0152. The molecule has 100 valence electrons. The van der Waals surface area contributed by atoms with E-state index in [0.29, 0.717) is 17.8 Å². The molecule has 0 aliphatic heterocycles. The summed E-state index contributed by atoms with van der Waals surface area (Å²) in [6.45, 7) is 4.36. The maximum Gasteiger partial charge on any atom is 0.256 e. The molecule has 0 saturated heterocycles. The minimum Gasteiger partial charge on any atom is -0.397 e. The predicted octanol–water partition coefficient (Wildman–Crippen LogP) is 1.08. The first-order chi connectivity index (χ1) is 8.56. The lowest BCUT2D eigenvalue weighted by molar-refractivity contribution is 0.0746. The summed E-state index contributed by atoms with van der Waals surface area (Å²) >= 11 is 0. The van der Waals surface area contributed by atoms with Gasteiger partial charge in [-0.25, -0.2) is 0 Å². The lowest BCUT2D eigenvalue weighted by atomic mass is 10.2. The van der Waals surface area contributed by atoms with Crippen LogP contribution in [0.5, 0.6) is 0 Å². The standard InChI is InChI=1S/C13H22N4O/c1-4-7-17(9-8-16(2)3)13(18)11-5-6-15-10-12(11)14/h5-6,10H,4,7-9,14H2,1-3H3. The van der Waals surface area contributed by atoms with Gasteiger partial charge in [0, 0.05) is 25.8 Å². The smallest absolute Gasteiger partial charge is 0.256 e. The average Bonchev–Trinajstić information content (AvgIpc) is 2.34. The van der Waals surface area contributed by atoms with Crippen LogP contribution in [-0.4, -0.2) is 54.4 Å². The van der Waals surface area contributed by atoms with E-state index < -0.39 is 0 Å². The van der Waals surface area contributed by atoms with Crippen LogP contribution in [0.15, 0.2) is 18.5 Å². The van der Waals surface area contributed by atoms with Crippen molar-refractivity contribution in [1.29, 1.82) is 0 Å². The number of carbonyl (C=O) groups excluding carboxylic acids is 1. The van der Waals surface area contributed by atoms with E-state index in [1.165, 1.54) is 6.20 Å². The lowest BCUT2D eigenvalue weighted by Gasteiger charge is -2.24. The highest BCUT2D eigenvalue weighted by Crippen LogP contribution is 2.12. The quantitative estimate of drug-likeness (QED) is 0.820. The zero-order valence-electron chi connectivity index (χ0n) is 11.4. The Balaban J connectivity index is 2.79. The summed E-state index contributed by atoms with van der Waals surface area (Å²) in [5.74, 6) is -0.0152. The van der Waals surface area contributed by atoms with Gasteiger partial charge in [-0.05, 0) is 26.6 Å². The molecular weight excluding hydrogens is 228 g/mol. The molecule has 1 aromatic rings. The molecule has 18 heavy (non-hydrogen) atoms. The maximum absolute atomic E-state index is 12.4. The third kappa shape index (κ3) is 4.00. The van der Waals surface area contributed by atoms with Crippen molar-refractivity contribution in [2.45, 2.75) is 13.3 Å². The molecule has 1 amide bonds. The van der Waals surface area contributed by atoms with Crippen LogP contribution in [0.2, 0.25) is 0 Å². The number of anilines is 1. The first kappa shape index (κ1) is 14.4. The third-order valence-corrected chi connectivity index (χ3v) is 2.68. The normalized spacial score (nSPS) is 10.7. The number of hydrogen-bond acceptors (Lipinski definition) is 4. The van der Waals surface area contributed by atoms with Gasteiger partial charge in [-0.1, -0.05) is 6.92 Å². The summed E-state index contributed by atoms with van der Waals surface area (Å²) in [7, 11) is 3.99. The van der Waals surface area contributed by atoms with Crippen LogP contribution < -0.4 is 5.73 Å². The fourth-order valence-corrected chi connectivity index (χ4v) is 1.68. The number of likely N-dealkylation sites (N-methyl/N-ethyl adjacent to an activating group) is 1. The molecule has 1 aromatic heterocycles. The molecule has 0 aromatic carbocycles. The van der Waals surface area contributed by atoms with Crippen molar-refractivity contribution >= 4 is 11.6 Å². The van der Waals surface area contributed by atoms with Crippen molar-refractivity contribution in [3.63, 3.8) is 0 Å². The van der Waals surface area contributed by atoms with Gasteiger partial charge in [-0.2, -0.15) is 0 Å². The lowest BCUT2D eigenvalue weighted by Crippen LogP contribution is -2.37. The molecule has 0 aliphatic rings. The summed E-state index contributed by atoms with van der Waals surface area (Å²) in [6.07, 6.45) is 4.05. The molecule has 0 aliphatic carbocycles. The molecule has 0 unspecified atom stereocenters. The highest BCUT2D eigenvalue weighted by atomic mass is 16.2. The van der Waals surface area contributed by atoms with Gasteiger partial charge in [0.2, 0.25) is 0 Å². The largest absolute Gasteiger partial charge is 0.397 e. The SMILES string of the molecule is CCCN(CCN(C)C)C(=O)c1ccncc1N. The number of rotatable bonds is 6. The molecule has 0 radical (unpaired) electrons. The monoisotopic (exact) mass is 250 g/mol. The second-order valence-electron chi connectivity index (χ2n) is 4.56. The van der Waals surface area contributed by atoms with E-state index in [1.807, 2.05) is 19.0 Å². The molecule has 0 spiro atoms. The van der Waals surface area contributed by atoms with Crippen LogP contribution in [0.1, 0.15) is 23.7 Å². The van der Waals surface area contributed by atoms with Gasteiger partial charge in [0.1, 0.15) is 0 Å². The van der Waals surface area contributed by atoms with E-state index in [4.69, 9.17) is 5.73 Å². The number of pyridine rings is 1. The van der Waals surface area contributed by atoms with Gasteiger partial charge in [0.25, 0.3) is 5.91 Å². The molecule has 2 N–H and O–H groups in total. The molecule has 0 atom stereocenters. The second kappa shape index (κ2) is 6.96. The molecular formula is C13H22N4O. The van der Waals surface area contributed by atoms with Crippen molar-refractivity contribution in [3.05, 3.63) is 24.0 Å². The van der Waals surface area contributed by atoms with Crippen LogP contribution in [0, 0.1) is 0 Å². The highest BCUT2D eigenvalue weighted by molar-refractivity contribution is 5.98. The first-order valence-electron chi connectivity index (χ1n) is 6.19. The van der Waals surface area contributed by atoms with Crippen LogP contribution in [0.25, 0.3) is 0 Å². The molecule has 0 saturated carbocycles. The highest BCUT2D eigenvalue weighted by Gasteiger charge is 2.17. The molecule has 5 nitrogen and oxygen atoms in total. The van der Waals surface area contributed by atoms with Gasteiger partial charge in [0.05, 0.1) is 17.4 Å². The van der Waals surface area contributed by atoms with Crippen LogP contribution >= 0.6 is 0 Å². The summed E-state index contributed by atoms with van der Waals surface area (Å²) < 4.78 is 0. The van der Waals surface area contributed by atoms with Crippen LogP contribution in [0.4, 0.5) is 5.69 Å². The Kier molecular flexibility index (Phi) is 5.58. The Labute approximate surface area is 109 Å². The van der Waals surface area contributed by atoms with E-state index in [-0.39, 0.29) is 5.91 Å². The summed E-state index contributed by atoms with van der Waals surface area (Å²) in [4.78, 5) is 20.2. The number of hydrogen-bond donors (Lipinski definition) is 1. The zero-order valence-corrected chi connectivity index (χ0v) is 11.4. The van der Waals surface area contributed by atoms with Crippen molar-refractivity contribution in [2.24, 2.45) is 0 Å². The Morgan fingerprint density at radius 3 is 2.61 bits per heavy atom. The van der Waals surface area contributed by atoms with Gasteiger partial charge in [-0.3, -0.25) is 9.78 Å². The number of aromatic nitrogens is 1.